The van der Waals surface area contributed by atoms with Gasteiger partial charge in [0.1, 0.15) is 5.75 Å². The van der Waals surface area contributed by atoms with E-state index < -0.39 is 16.9 Å². The average molecular weight is 416 g/mol. The summed E-state index contributed by atoms with van der Waals surface area (Å²) in [5, 5.41) is 10.6. The summed E-state index contributed by atoms with van der Waals surface area (Å²) in [6, 6.07) is 20.4. The van der Waals surface area contributed by atoms with Gasteiger partial charge in [-0.25, -0.2) is 4.21 Å². The second-order valence-corrected chi connectivity index (χ2v) is 8.98. The fourth-order valence-electron chi connectivity index (χ4n) is 4.63. The quantitative estimate of drug-likeness (QED) is 0.658. The first-order valence-corrected chi connectivity index (χ1v) is 11.1. The van der Waals surface area contributed by atoms with Crippen molar-refractivity contribution < 1.29 is 14.1 Å². The molecule has 1 heterocycles. The minimum Gasteiger partial charge on any atom is -0.507 e. The lowest BCUT2D eigenvalue weighted by Gasteiger charge is -2.16. The van der Waals surface area contributed by atoms with E-state index in [1.165, 1.54) is 33.9 Å². The third-order valence-corrected chi connectivity index (χ3v) is 7.17. The molecule has 0 aromatic heterocycles. The first-order valence-electron chi connectivity index (χ1n) is 9.98. The predicted molar refractivity (Wildman–Crippen MR) is 119 cm³/mol. The van der Waals surface area contributed by atoms with Gasteiger partial charge in [-0.1, -0.05) is 48.5 Å². The van der Waals surface area contributed by atoms with Gasteiger partial charge in [0.25, 0.3) is 5.91 Å². The van der Waals surface area contributed by atoms with Gasteiger partial charge in [0.15, 0.2) is 11.0 Å². The normalized spacial score (nSPS) is 20.0. The Morgan fingerprint density at radius 3 is 2.53 bits per heavy atom. The molecule has 2 N–H and O–H groups in total. The molecule has 4 nitrogen and oxygen atoms in total. The van der Waals surface area contributed by atoms with E-state index in [1.807, 2.05) is 6.07 Å². The van der Waals surface area contributed by atoms with E-state index in [9.17, 15) is 14.1 Å². The maximum absolute atomic E-state index is 12.0. The van der Waals surface area contributed by atoms with Gasteiger partial charge in [-0.3, -0.25) is 9.52 Å². The highest BCUT2D eigenvalue weighted by Crippen LogP contribution is 2.44. The summed E-state index contributed by atoms with van der Waals surface area (Å²) < 4.78 is 14.4. The summed E-state index contributed by atoms with van der Waals surface area (Å²) in [6.45, 7) is 2.14. The van der Waals surface area contributed by atoms with Crippen molar-refractivity contribution in [3.63, 3.8) is 0 Å². The number of carbonyl (C=O) groups is 1. The third kappa shape index (κ3) is 3.06. The molecule has 3 aromatic rings. The number of hydrogen-bond acceptors (Lipinski definition) is 3. The zero-order valence-corrected chi connectivity index (χ0v) is 17.3. The summed E-state index contributed by atoms with van der Waals surface area (Å²) >= 11 is 0. The largest absolute Gasteiger partial charge is 0.507 e. The van der Waals surface area contributed by atoms with Crippen molar-refractivity contribution in [1.82, 2.24) is 4.72 Å². The van der Waals surface area contributed by atoms with Gasteiger partial charge in [-0.05, 0) is 65.3 Å². The van der Waals surface area contributed by atoms with E-state index in [1.54, 1.807) is 12.1 Å². The zero-order valence-electron chi connectivity index (χ0n) is 16.5. The molecular formula is C25H21NO3S. The van der Waals surface area contributed by atoms with Gasteiger partial charge in [0.05, 0.1) is 4.91 Å². The first-order chi connectivity index (χ1) is 14.5. The molecular weight excluding hydrogens is 394 g/mol. The summed E-state index contributed by atoms with van der Waals surface area (Å²) in [5.41, 5.74) is 7.93. The van der Waals surface area contributed by atoms with E-state index in [4.69, 9.17) is 0 Å². The van der Waals surface area contributed by atoms with Gasteiger partial charge < -0.3 is 5.11 Å². The van der Waals surface area contributed by atoms with Crippen LogP contribution in [0.15, 0.2) is 66.7 Å². The lowest BCUT2D eigenvalue weighted by Crippen LogP contribution is -2.16. The van der Waals surface area contributed by atoms with Crippen LogP contribution in [-0.2, 0) is 22.2 Å². The van der Waals surface area contributed by atoms with Crippen LogP contribution in [0.4, 0.5) is 0 Å². The molecule has 1 amide bonds. The molecule has 30 heavy (non-hydrogen) atoms. The molecule has 150 valence electrons. The summed E-state index contributed by atoms with van der Waals surface area (Å²) in [4.78, 5) is 11.8. The Morgan fingerprint density at radius 2 is 1.80 bits per heavy atom. The molecule has 0 saturated carbocycles. The lowest BCUT2D eigenvalue weighted by atomic mass is 9.89. The van der Waals surface area contributed by atoms with Crippen LogP contribution >= 0.6 is 0 Å². The van der Waals surface area contributed by atoms with Crippen LogP contribution in [0.5, 0.6) is 5.75 Å². The zero-order chi connectivity index (χ0) is 20.8. The maximum Gasteiger partial charge on any atom is 0.257 e. The Morgan fingerprint density at radius 1 is 1.00 bits per heavy atom. The monoisotopic (exact) mass is 415 g/mol. The number of carbonyl (C=O) groups excluding carboxylic acids is 1. The topological polar surface area (TPSA) is 66.4 Å². The number of phenolic OH excluding ortho intramolecular Hbond substituents is 1. The van der Waals surface area contributed by atoms with E-state index in [2.05, 4.69) is 54.1 Å². The molecule has 0 bridgehead atoms. The van der Waals surface area contributed by atoms with E-state index in [0.717, 1.165) is 18.4 Å². The fourth-order valence-corrected chi connectivity index (χ4v) is 5.57. The van der Waals surface area contributed by atoms with Crippen molar-refractivity contribution in [2.75, 3.05) is 0 Å². The van der Waals surface area contributed by atoms with Crippen LogP contribution in [0.3, 0.4) is 0 Å². The molecule has 1 aliphatic heterocycles. The van der Waals surface area contributed by atoms with E-state index in [0.29, 0.717) is 10.5 Å². The fraction of sp³-hybridized carbons (Fsp3) is 0.160. The molecule has 3 aromatic carbocycles. The average Bonchev–Trinajstić information content (AvgIpc) is 3.31. The first kappa shape index (κ1) is 18.8. The van der Waals surface area contributed by atoms with Crippen molar-refractivity contribution in [3.8, 4) is 16.9 Å². The van der Waals surface area contributed by atoms with Crippen LogP contribution in [0.25, 0.3) is 16.0 Å². The third-order valence-electron chi connectivity index (χ3n) is 6.05. The van der Waals surface area contributed by atoms with Gasteiger partial charge in [0.2, 0.25) is 0 Å². The van der Waals surface area contributed by atoms with Gasteiger partial charge in [-0.15, -0.1) is 0 Å². The Kier molecular flexibility index (Phi) is 4.55. The van der Waals surface area contributed by atoms with Gasteiger partial charge in [-0.2, -0.15) is 0 Å². The minimum atomic E-state index is -1.62. The Hall–Kier alpha value is -3.18. The highest BCUT2D eigenvalue weighted by atomic mass is 32.2. The van der Waals surface area contributed by atoms with E-state index in [-0.39, 0.29) is 11.7 Å². The van der Waals surface area contributed by atoms with E-state index >= 15 is 0 Å². The number of rotatable bonds is 3. The summed E-state index contributed by atoms with van der Waals surface area (Å²) in [5.74, 6) is -0.154. The van der Waals surface area contributed by atoms with Crippen LogP contribution in [0, 0.1) is 6.92 Å². The summed E-state index contributed by atoms with van der Waals surface area (Å²) in [7, 11) is -1.62. The number of aromatic hydroxyl groups is 1. The van der Waals surface area contributed by atoms with Gasteiger partial charge >= 0.3 is 0 Å². The van der Waals surface area contributed by atoms with Crippen molar-refractivity contribution in [1.29, 1.82) is 0 Å². The number of hydrogen-bond donors (Lipinski definition) is 2. The molecule has 2 atom stereocenters. The summed E-state index contributed by atoms with van der Waals surface area (Å²) in [6.07, 6.45) is 3.25. The van der Waals surface area contributed by atoms with Crippen molar-refractivity contribution >= 4 is 21.8 Å². The minimum absolute atomic E-state index is 0.0482. The molecule has 0 fully saturated rings. The molecule has 5 rings (SSSR count). The number of benzene rings is 3. The molecule has 0 spiro atoms. The van der Waals surface area contributed by atoms with Crippen molar-refractivity contribution in [2.45, 2.75) is 25.7 Å². The Balaban J connectivity index is 1.53. The predicted octanol–water partition coefficient (Wildman–Crippen LogP) is 4.58. The maximum atomic E-state index is 12.0. The van der Waals surface area contributed by atoms with Crippen LogP contribution < -0.4 is 4.72 Å². The van der Waals surface area contributed by atoms with Crippen LogP contribution in [-0.4, -0.2) is 15.2 Å². The molecule has 0 saturated heterocycles. The molecule has 1 unspecified atom stereocenters. The second-order valence-electron chi connectivity index (χ2n) is 7.80. The Labute approximate surface area is 177 Å². The van der Waals surface area contributed by atoms with Gasteiger partial charge in [0, 0.05) is 17.6 Å². The number of amides is 1. The molecule has 1 aliphatic carbocycles. The number of phenols is 1. The molecule has 2 aliphatic rings. The number of nitrogens with one attached hydrogen (secondary N) is 1. The van der Waals surface area contributed by atoms with Crippen LogP contribution in [0.1, 0.15) is 40.2 Å². The van der Waals surface area contributed by atoms with Crippen molar-refractivity contribution in [2.24, 2.45) is 0 Å². The molecule has 0 radical (unpaired) electrons. The highest BCUT2D eigenvalue weighted by Gasteiger charge is 2.28. The second kappa shape index (κ2) is 7.26. The standard InChI is InChI=1S/C25H21NO3S/c1-15-5-2-3-6-17(15)19-7-4-8-20-18(11-12-21(19)20)16-9-10-22(23(27)13-16)24-14-25(28)26-30(24)29/h2-10,13-14,18,27H,11-12H2,1H3,(H,26,28)/t18-,30?/m1/s1. The van der Waals surface area contributed by atoms with Crippen LogP contribution in [0.2, 0.25) is 0 Å². The number of aryl methyl sites for hydroxylation is 1. The molecule has 5 heteroatoms. The smallest absolute Gasteiger partial charge is 0.257 e. The Bertz CT molecular complexity index is 1240. The highest BCUT2D eigenvalue weighted by molar-refractivity contribution is 7.94. The SMILES string of the molecule is Cc1ccccc1-c1cccc2c1CC[C@@H]2c1ccc(C2=CC(=O)NS2=O)c(O)c1. The lowest BCUT2D eigenvalue weighted by molar-refractivity contribution is -0.114. The number of fused-ring (bicyclic) bond motifs is 1. The van der Waals surface area contributed by atoms with Crippen molar-refractivity contribution in [3.05, 3.63) is 94.6 Å².